The maximum absolute atomic E-state index is 12.6. The van der Waals surface area contributed by atoms with Crippen LogP contribution in [-0.4, -0.2) is 25.2 Å². The minimum absolute atomic E-state index is 0.0655. The molecule has 94 valence electrons. The number of halogens is 3. The molecule has 1 aromatic heterocycles. The van der Waals surface area contributed by atoms with Gasteiger partial charge < -0.3 is 9.47 Å². The summed E-state index contributed by atoms with van der Waals surface area (Å²) in [6.45, 7) is 0. The number of nitrogens with zero attached hydrogens (tertiary/aromatic N) is 1. The van der Waals surface area contributed by atoms with Crippen LogP contribution < -0.4 is 4.74 Å². The Balaban J connectivity index is 3.15. The van der Waals surface area contributed by atoms with Gasteiger partial charge in [-0.15, -0.1) is 0 Å². The first-order valence-electron chi connectivity index (χ1n) is 4.57. The molecule has 0 saturated heterocycles. The van der Waals surface area contributed by atoms with Crippen LogP contribution in [0, 0.1) is 0 Å². The van der Waals surface area contributed by atoms with Crippen molar-refractivity contribution in [2.24, 2.45) is 0 Å². The van der Waals surface area contributed by atoms with Gasteiger partial charge in [-0.3, -0.25) is 9.78 Å². The van der Waals surface area contributed by atoms with Crippen LogP contribution in [0.5, 0.6) is 5.75 Å². The molecule has 0 aliphatic carbocycles. The zero-order valence-electron chi connectivity index (χ0n) is 9.17. The Morgan fingerprint density at radius 1 is 1.53 bits per heavy atom. The highest BCUT2D eigenvalue weighted by Crippen LogP contribution is 2.36. The molecule has 0 aliphatic heterocycles. The number of carbonyl (C=O) groups is 1. The molecule has 0 fully saturated rings. The maximum Gasteiger partial charge on any atom is 0.310 e. The van der Waals surface area contributed by atoms with E-state index in [1.54, 1.807) is 0 Å². The number of ether oxygens (including phenoxy) is 2. The molecular formula is C10H10BrF2NO3. The molecule has 17 heavy (non-hydrogen) atoms. The first kappa shape index (κ1) is 13.8. The summed E-state index contributed by atoms with van der Waals surface area (Å²) in [7, 11) is 2.50. The molecule has 0 aliphatic rings. The minimum Gasteiger partial charge on any atom is -0.493 e. The lowest BCUT2D eigenvalue weighted by atomic mass is 10.2. The second-order valence-corrected chi connectivity index (χ2v) is 3.86. The summed E-state index contributed by atoms with van der Waals surface area (Å²) < 4.78 is 34.8. The van der Waals surface area contributed by atoms with Crippen LogP contribution in [0.2, 0.25) is 0 Å². The lowest BCUT2D eigenvalue weighted by Gasteiger charge is -2.11. The molecule has 0 saturated carbocycles. The highest BCUT2D eigenvalue weighted by molar-refractivity contribution is 9.10. The average molecular weight is 310 g/mol. The lowest BCUT2D eigenvalue weighted by molar-refractivity contribution is -0.139. The van der Waals surface area contributed by atoms with E-state index < -0.39 is 18.1 Å². The first-order valence-corrected chi connectivity index (χ1v) is 5.36. The molecule has 0 amide bonds. The molecule has 0 N–H and O–H groups in total. The summed E-state index contributed by atoms with van der Waals surface area (Å²) in [5.41, 5.74) is -0.0360. The number of alkyl halides is 2. The van der Waals surface area contributed by atoms with Crippen molar-refractivity contribution in [2.45, 2.75) is 12.8 Å². The summed E-state index contributed by atoms with van der Waals surface area (Å²) in [5.74, 6) is -0.555. The van der Waals surface area contributed by atoms with Gasteiger partial charge in [0.05, 0.1) is 25.1 Å². The highest BCUT2D eigenvalue weighted by Gasteiger charge is 2.21. The highest BCUT2D eigenvalue weighted by atomic mass is 79.9. The number of carbonyl (C=O) groups excluding carboxylic acids is 1. The Morgan fingerprint density at radius 2 is 2.18 bits per heavy atom. The minimum atomic E-state index is -2.74. The van der Waals surface area contributed by atoms with E-state index in [-0.39, 0.29) is 16.6 Å². The number of hydrogen-bond acceptors (Lipinski definition) is 4. The van der Waals surface area contributed by atoms with Crippen molar-refractivity contribution < 1.29 is 23.0 Å². The van der Waals surface area contributed by atoms with Crippen molar-refractivity contribution in [3.05, 3.63) is 21.9 Å². The summed E-state index contributed by atoms with van der Waals surface area (Å²) in [5, 5.41) is 0. The Kier molecular flexibility index (Phi) is 4.80. The largest absolute Gasteiger partial charge is 0.493 e. The molecule has 1 aromatic rings. The van der Waals surface area contributed by atoms with E-state index in [4.69, 9.17) is 4.74 Å². The van der Waals surface area contributed by atoms with E-state index in [9.17, 15) is 13.6 Å². The van der Waals surface area contributed by atoms with Crippen molar-refractivity contribution in [1.82, 2.24) is 4.98 Å². The van der Waals surface area contributed by atoms with Crippen LogP contribution in [0.3, 0.4) is 0 Å². The van der Waals surface area contributed by atoms with Gasteiger partial charge in [0, 0.05) is 6.20 Å². The fraction of sp³-hybridized carbons (Fsp3) is 0.400. The predicted molar refractivity (Wildman–Crippen MR) is 59.2 cm³/mol. The molecule has 1 heterocycles. The quantitative estimate of drug-likeness (QED) is 0.802. The fourth-order valence-corrected chi connectivity index (χ4v) is 1.83. The lowest BCUT2D eigenvalue weighted by Crippen LogP contribution is -2.07. The third kappa shape index (κ3) is 3.12. The molecule has 0 atom stereocenters. The van der Waals surface area contributed by atoms with E-state index in [1.807, 2.05) is 0 Å². The predicted octanol–water partition coefficient (Wildman–Crippen LogP) is 2.51. The Hall–Kier alpha value is -1.24. The van der Waals surface area contributed by atoms with Crippen molar-refractivity contribution >= 4 is 21.9 Å². The van der Waals surface area contributed by atoms with Crippen molar-refractivity contribution in [2.75, 3.05) is 14.2 Å². The zero-order chi connectivity index (χ0) is 13.0. The maximum atomic E-state index is 12.6. The van der Waals surface area contributed by atoms with Gasteiger partial charge in [0.15, 0.2) is 5.75 Å². The summed E-state index contributed by atoms with van der Waals surface area (Å²) in [4.78, 5) is 14.7. The molecule has 0 unspecified atom stereocenters. The number of hydrogen-bond donors (Lipinski definition) is 0. The Morgan fingerprint density at radius 3 is 2.65 bits per heavy atom. The number of esters is 1. The van der Waals surface area contributed by atoms with E-state index in [2.05, 4.69) is 25.7 Å². The Bertz CT molecular complexity index is 426. The van der Waals surface area contributed by atoms with Crippen molar-refractivity contribution in [3.63, 3.8) is 0 Å². The SMILES string of the molecule is COC(=O)Cc1cnc(C(F)F)c(OC)c1Br. The Labute approximate surface area is 105 Å². The molecule has 0 spiro atoms. The van der Waals surface area contributed by atoms with Gasteiger partial charge in [-0.25, -0.2) is 8.78 Å². The normalized spacial score (nSPS) is 10.5. The molecule has 7 heteroatoms. The van der Waals surface area contributed by atoms with Gasteiger partial charge in [0.25, 0.3) is 6.43 Å². The van der Waals surface area contributed by atoms with Gasteiger partial charge in [-0.05, 0) is 21.5 Å². The summed E-state index contributed by atoms with van der Waals surface area (Å²) >= 11 is 3.11. The molecule has 1 rings (SSSR count). The first-order chi connectivity index (χ1) is 8.01. The van der Waals surface area contributed by atoms with E-state index in [1.165, 1.54) is 20.4 Å². The topological polar surface area (TPSA) is 48.4 Å². The number of rotatable bonds is 4. The second kappa shape index (κ2) is 5.90. The van der Waals surface area contributed by atoms with Gasteiger partial charge in [-0.2, -0.15) is 0 Å². The average Bonchev–Trinajstić information content (AvgIpc) is 2.30. The molecule has 0 aromatic carbocycles. The monoisotopic (exact) mass is 309 g/mol. The van der Waals surface area contributed by atoms with Crippen LogP contribution in [0.25, 0.3) is 0 Å². The molecular weight excluding hydrogens is 300 g/mol. The summed E-state index contributed by atoms with van der Waals surface area (Å²) in [6.07, 6.45) is -1.61. The van der Waals surface area contributed by atoms with Gasteiger partial charge in [0.2, 0.25) is 0 Å². The van der Waals surface area contributed by atoms with Gasteiger partial charge >= 0.3 is 5.97 Å². The van der Waals surface area contributed by atoms with Crippen LogP contribution in [-0.2, 0) is 16.0 Å². The smallest absolute Gasteiger partial charge is 0.310 e. The van der Waals surface area contributed by atoms with Crippen LogP contribution in [0.1, 0.15) is 17.7 Å². The van der Waals surface area contributed by atoms with Gasteiger partial charge in [-0.1, -0.05) is 0 Å². The summed E-state index contributed by atoms with van der Waals surface area (Å²) in [6, 6.07) is 0. The molecule has 0 radical (unpaired) electrons. The van der Waals surface area contributed by atoms with Crippen molar-refractivity contribution in [3.8, 4) is 5.75 Å². The van der Waals surface area contributed by atoms with E-state index >= 15 is 0 Å². The van der Waals surface area contributed by atoms with Crippen LogP contribution in [0.4, 0.5) is 8.78 Å². The number of pyridine rings is 1. The van der Waals surface area contributed by atoms with Crippen molar-refractivity contribution in [1.29, 1.82) is 0 Å². The standard InChI is InChI=1S/C10H10BrF2NO3/c1-16-6(15)3-5-4-14-8(10(12)13)9(17-2)7(5)11/h4,10H,3H2,1-2H3. The van der Waals surface area contributed by atoms with E-state index in [0.29, 0.717) is 5.56 Å². The van der Waals surface area contributed by atoms with Gasteiger partial charge in [0.1, 0.15) is 5.69 Å². The molecule has 4 nitrogen and oxygen atoms in total. The van der Waals surface area contributed by atoms with E-state index in [0.717, 1.165) is 0 Å². The molecule has 0 bridgehead atoms. The van der Waals surface area contributed by atoms with Crippen LogP contribution in [0.15, 0.2) is 10.7 Å². The number of methoxy groups -OCH3 is 2. The zero-order valence-corrected chi connectivity index (χ0v) is 10.8. The number of aromatic nitrogens is 1. The fourth-order valence-electron chi connectivity index (χ4n) is 1.22. The van der Waals surface area contributed by atoms with Crippen LogP contribution >= 0.6 is 15.9 Å². The second-order valence-electron chi connectivity index (χ2n) is 3.07. The third-order valence-electron chi connectivity index (χ3n) is 2.05. The third-order valence-corrected chi connectivity index (χ3v) is 2.92.